The molecule has 1 amide bonds. The quantitative estimate of drug-likeness (QED) is 0.765. The Bertz CT molecular complexity index is 422. The van der Waals surface area contributed by atoms with Crippen LogP contribution in [0.3, 0.4) is 0 Å². The molecule has 0 spiro atoms. The van der Waals surface area contributed by atoms with Gasteiger partial charge in [0, 0.05) is 25.0 Å². The van der Waals surface area contributed by atoms with Crippen LogP contribution in [0.4, 0.5) is 5.82 Å². The lowest BCUT2D eigenvalue weighted by Gasteiger charge is -2.17. The number of carbonyl (C=O) groups excluding carboxylic acids is 1. The molecule has 1 aliphatic heterocycles. The summed E-state index contributed by atoms with van der Waals surface area (Å²) >= 11 is 11.6. The lowest BCUT2D eigenvalue weighted by atomic mass is 10.1. The number of anilines is 1. The highest BCUT2D eigenvalue weighted by Gasteiger charge is 2.31. The predicted molar refractivity (Wildman–Crippen MR) is 65.2 cm³/mol. The Morgan fingerprint density at radius 1 is 1.62 bits per heavy atom. The van der Waals surface area contributed by atoms with Crippen LogP contribution >= 0.6 is 23.2 Å². The van der Waals surface area contributed by atoms with Gasteiger partial charge in [-0.3, -0.25) is 9.69 Å². The van der Waals surface area contributed by atoms with E-state index in [1.807, 2.05) is 13.0 Å². The lowest BCUT2D eigenvalue weighted by molar-refractivity contribution is -0.117. The fourth-order valence-corrected chi connectivity index (χ4v) is 2.32. The maximum absolute atomic E-state index is 11.8. The first-order valence-electron chi connectivity index (χ1n) is 5.10. The minimum absolute atomic E-state index is 0.0866. The number of amides is 1. The molecule has 0 bridgehead atoms. The fraction of sp³-hybridized carbons (Fsp3) is 0.455. The highest BCUT2D eigenvalue weighted by atomic mass is 35.5. The topological polar surface area (TPSA) is 33.2 Å². The van der Waals surface area contributed by atoms with Gasteiger partial charge in [0.25, 0.3) is 0 Å². The van der Waals surface area contributed by atoms with E-state index in [9.17, 15) is 4.79 Å². The first-order chi connectivity index (χ1) is 7.61. The summed E-state index contributed by atoms with van der Waals surface area (Å²) in [6, 6.07) is 1.81. The minimum atomic E-state index is 0.0866. The molecule has 86 valence electrons. The highest BCUT2D eigenvalue weighted by Crippen LogP contribution is 2.27. The molecule has 1 fully saturated rings. The van der Waals surface area contributed by atoms with Crippen molar-refractivity contribution in [1.82, 2.24) is 4.98 Å². The molecule has 16 heavy (non-hydrogen) atoms. The van der Waals surface area contributed by atoms with Crippen LogP contribution in [-0.4, -0.2) is 23.3 Å². The van der Waals surface area contributed by atoms with Crippen molar-refractivity contribution in [1.29, 1.82) is 0 Å². The van der Waals surface area contributed by atoms with Crippen LogP contribution in [0.25, 0.3) is 0 Å². The Kier molecular flexibility index (Phi) is 3.36. The normalized spacial score (nSPS) is 20.6. The molecule has 2 rings (SSSR count). The summed E-state index contributed by atoms with van der Waals surface area (Å²) in [5.41, 5.74) is 0.913. The van der Waals surface area contributed by atoms with Crippen molar-refractivity contribution < 1.29 is 4.79 Å². The predicted octanol–water partition coefficient (Wildman–Crippen LogP) is 2.64. The molecule has 1 aliphatic rings. The molecule has 1 atom stereocenters. The summed E-state index contributed by atoms with van der Waals surface area (Å²) in [4.78, 5) is 17.7. The molecular formula is C11H12Cl2N2O. The van der Waals surface area contributed by atoms with Crippen LogP contribution in [0.5, 0.6) is 0 Å². The zero-order valence-corrected chi connectivity index (χ0v) is 10.4. The summed E-state index contributed by atoms with van der Waals surface area (Å²) in [6.45, 7) is 2.55. The van der Waals surface area contributed by atoms with Gasteiger partial charge in [-0.25, -0.2) is 4.98 Å². The minimum Gasteiger partial charge on any atom is -0.296 e. The summed E-state index contributed by atoms with van der Waals surface area (Å²) in [7, 11) is 0. The van der Waals surface area contributed by atoms with E-state index >= 15 is 0 Å². The third kappa shape index (κ3) is 2.15. The first-order valence-corrected chi connectivity index (χ1v) is 6.01. The van der Waals surface area contributed by atoms with Gasteiger partial charge >= 0.3 is 0 Å². The Balaban J connectivity index is 2.28. The second kappa shape index (κ2) is 4.60. The maximum Gasteiger partial charge on any atom is 0.228 e. The number of aromatic nitrogens is 1. The average molecular weight is 259 g/mol. The zero-order valence-electron chi connectivity index (χ0n) is 8.91. The first kappa shape index (κ1) is 11.7. The SMILES string of the molecule is Cc1cc(Cl)cnc1N1CC(CCl)CC1=O. The van der Waals surface area contributed by atoms with Gasteiger partial charge in [0.2, 0.25) is 5.91 Å². The summed E-state index contributed by atoms with van der Waals surface area (Å²) in [5.74, 6) is 1.52. The molecule has 1 aromatic rings. The summed E-state index contributed by atoms with van der Waals surface area (Å²) < 4.78 is 0. The number of hydrogen-bond donors (Lipinski definition) is 0. The van der Waals surface area contributed by atoms with Crippen LogP contribution in [0.15, 0.2) is 12.3 Å². The van der Waals surface area contributed by atoms with Crippen molar-refractivity contribution in [3.63, 3.8) is 0 Å². The van der Waals surface area contributed by atoms with Crippen LogP contribution in [0, 0.1) is 12.8 Å². The van der Waals surface area contributed by atoms with E-state index in [2.05, 4.69) is 4.98 Å². The Morgan fingerprint density at radius 3 is 2.94 bits per heavy atom. The number of halogens is 2. The van der Waals surface area contributed by atoms with Gasteiger partial charge in [-0.15, -0.1) is 11.6 Å². The molecule has 1 saturated heterocycles. The Hall–Kier alpha value is -0.800. The van der Waals surface area contributed by atoms with Crippen LogP contribution in [0.2, 0.25) is 5.02 Å². The second-order valence-corrected chi connectivity index (χ2v) is 4.77. The third-order valence-corrected chi connectivity index (χ3v) is 3.34. The van der Waals surface area contributed by atoms with Crippen LogP contribution in [-0.2, 0) is 4.79 Å². The standard InChI is InChI=1S/C11H12Cl2N2O/c1-7-2-9(13)5-14-11(7)15-6-8(4-12)3-10(15)16/h2,5,8H,3-4,6H2,1H3. The second-order valence-electron chi connectivity index (χ2n) is 4.02. The van der Waals surface area contributed by atoms with Crippen LogP contribution < -0.4 is 4.90 Å². The van der Waals surface area contributed by atoms with E-state index in [-0.39, 0.29) is 11.8 Å². The lowest BCUT2D eigenvalue weighted by Crippen LogP contribution is -2.26. The highest BCUT2D eigenvalue weighted by molar-refractivity contribution is 6.30. The Labute approximate surface area is 104 Å². The van der Waals surface area contributed by atoms with Crippen molar-refractivity contribution in [2.75, 3.05) is 17.3 Å². The van der Waals surface area contributed by atoms with E-state index in [0.29, 0.717) is 29.7 Å². The van der Waals surface area contributed by atoms with Crippen LogP contribution in [0.1, 0.15) is 12.0 Å². The smallest absolute Gasteiger partial charge is 0.228 e. The van der Waals surface area contributed by atoms with Gasteiger partial charge in [0.1, 0.15) is 5.82 Å². The van der Waals surface area contributed by atoms with Crippen molar-refractivity contribution >= 4 is 34.9 Å². The van der Waals surface area contributed by atoms with E-state index in [4.69, 9.17) is 23.2 Å². The monoisotopic (exact) mass is 258 g/mol. The average Bonchev–Trinajstić information content (AvgIpc) is 2.60. The summed E-state index contributed by atoms with van der Waals surface area (Å²) in [6.07, 6.45) is 2.07. The van der Waals surface area contributed by atoms with Crippen molar-refractivity contribution in [3.8, 4) is 0 Å². The molecular weight excluding hydrogens is 247 g/mol. The number of rotatable bonds is 2. The molecule has 3 nitrogen and oxygen atoms in total. The zero-order chi connectivity index (χ0) is 11.7. The number of pyridine rings is 1. The third-order valence-electron chi connectivity index (χ3n) is 2.70. The largest absolute Gasteiger partial charge is 0.296 e. The molecule has 0 N–H and O–H groups in total. The molecule has 2 heterocycles. The number of nitrogens with zero attached hydrogens (tertiary/aromatic N) is 2. The van der Waals surface area contributed by atoms with Gasteiger partial charge in [0.15, 0.2) is 0 Å². The Morgan fingerprint density at radius 2 is 2.38 bits per heavy atom. The molecule has 1 aromatic heterocycles. The van der Waals surface area contributed by atoms with E-state index in [0.717, 1.165) is 5.56 Å². The molecule has 0 radical (unpaired) electrons. The molecule has 0 saturated carbocycles. The van der Waals surface area contributed by atoms with Gasteiger partial charge in [-0.2, -0.15) is 0 Å². The molecule has 5 heteroatoms. The number of hydrogen-bond acceptors (Lipinski definition) is 2. The number of carbonyl (C=O) groups is 1. The van der Waals surface area contributed by atoms with Crippen molar-refractivity contribution in [2.24, 2.45) is 5.92 Å². The van der Waals surface area contributed by atoms with Gasteiger partial charge in [-0.05, 0) is 24.5 Å². The maximum atomic E-state index is 11.8. The van der Waals surface area contributed by atoms with Gasteiger partial charge in [-0.1, -0.05) is 11.6 Å². The van der Waals surface area contributed by atoms with Gasteiger partial charge < -0.3 is 0 Å². The summed E-state index contributed by atoms with van der Waals surface area (Å²) in [5, 5.41) is 0.585. The van der Waals surface area contributed by atoms with E-state index < -0.39 is 0 Å². The van der Waals surface area contributed by atoms with Gasteiger partial charge in [0.05, 0.1) is 5.02 Å². The van der Waals surface area contributed by atoms with E-state index in [1.54, 1.807) is 11.1 Å². The van der Waals surface area contributed by atoms with E-state index in [1.165, 1.54) is 0 Å². The van der Waals surface area contributed by atoms with Crippen molar-refractivity contribution in [3.05, 3.63) is 22.8 Å². The molecule has 1 unspecified atom stereocenters. The number of alkyl halides is 1. The number of aryl methyl sites for hydroxylation is 1. The fourth-order valence-electron chi connectivity index (χ4n) is 1.91. The molecule has 0 aliphatic carbocycles. The molecule has 0 aromatic carbocycles. The van der Waals surface area contributed by atoms with Crippen molar-refractivity contribution in [2.45, 2.75) is 13.3 Å².